The molecule has 112 valence electrons. The van der Waals surface area contributed by atoms with Crippen molar-refractivity contribution in [1.29, 1.82) is 0 Å². The Morgan fingerprint density at radius 3 is 2.80 bits per heavy atom. The van der Waals surface area contributed by atoms with Gasteiger partial charge < -0.3 is 14.8 Å². The highest BCUT2D eigenvalue weighted by molar-refractivity contribution is 5.28. The molecule has 0 saturated carbocycles. The third-order valence-electron chi connectivity index (χ3n) is 3.45. The number of ether oxygens (including phenoxy) is 2. The molecule has 0 radical (unpaired) electrons. The molecule has 1 aromatic heterocycles. The van der Waals surface area contributed by atoms with Crippen molar-refractivity contribution >= 4 is 0 Å². The van der Waals surface area contributed by atoms with E-state index in [1.165, 1.54) is 5.56 Å². The van der Waals surface area contributed by atoms with Crippen LogP contribution in [0, 0.1) is 0 Å². The first-order valence-corrected chi connectivity index (χ1v) is 7.39. The van der Waals surface area contributed by atoms with Gasteiger partial charge >= 0.3 is 0 Å². The molecule has 0 spiro atoms. The summed E-state index contributed by atoms with van der Waals surface area (Å²) in [6.45, 7) is 8.78. The summed E-state index contributed by atoms with van der Waals surface area (Å²) >= 11 is 0. The average Bonchev–Trinajstić information content (AvgIpc) is 2.88. The summed E-state index contributed by atoms with van der Waals surface area (Å²) in [5.74, 6) is 0.707. The van der Waals surface area contributed by atoms with Gasteiger partial charge in [-0.2, -0.15) is 0 Å². The van der Waals surface area contributed by atoms with Crippen molar-refractivity contribution in [1.82, 2.24) is 10.3 Å². The molecular formula is C16H26N2O2. The lowest BCUT2D eigenvalue weighted by Gasteiger charge is -2.20. The van der Waals surface area contributed by atoms with Crippen LogP contribution in [0.1, 0.15) is 44.9 Å². The Kier molecular flexibility index (Phi) is 5.00. The number of hydrogen-bond donors (Lipinski definition) is 1. The van der Waals surface area contributed by atoms with Gasteiger partial charge in [0.15, 0.2) is 0 Å². The monoisotopic (exact) mass is 278 g/mol. The molecule has 2 rings (SSSR count). The minimum atomic E-state index is 0.0196. The molecule has 0 aliphatic carbocycles. The summed E-state index contributed by atoms with van der Waals surface area (Å²) < 4.78 is 11.4. The molecule has 1 fully saturated rings. The van der Waals surface area contributed by atoms with Gasteiger partial charge in [-0.25, -0.2) is 4.98 Å². The van der Waals surface area contributed by atoms with Crippen LogP contribution >= 0.6 is 0 Å². The third kappa shape index (κ3) is 4.18. The molecule has 1 aromatic rings. The first-order chi connectivity index (χ1) is 9.49. The Bertz CT molecular complexity index is 435. The van der Waals surface area contributed by atoms with Gasteiger partial charge in [0.05, 0.1) is 11.8 Å². The zero-order chi connectivity index (χ0) is 14.6. The van der Waals surface area contributed by atoms with Crippen molar-refractivity contribution in [2.24, 2.45) is 0 Å². The number of rotatable bonds is 5. The molecule has 4 heteroatoms. The molecule has 1 aliphatic rings. The SMILES string of the molecule is CNCc1cc(OCC2CCCO2)nc(C(C)(C)C)c1. The molecule has 1 N–H and O–H groups in total. The molecule has 2 heterocycles. The molecular weight excluding hydrogens is 252 g/mol. The Hall–Kier alpha value is -1.13. The van der Waals surface area contributed by atoms with E-state index in [0.29, 0.717) is 12.5 Å². The van der Waals surface area contributed by atoms with E-state index in [4.69, 9.17) is 9.47 Å². The van der Waals surface area contributed by atoms with E-state index in [1.807, 2.05) is 13.1 Å². The molecule has 4 nitrogen and oxygen atoms in total. The first kappa shape index (κ1) is 15.3. The molecule has 1 unspecified atom stereocenters. The molecule has 1 aliphatic heterocycles. The highest BCUT2D eigenvalue weighted by Crippen LogP contribution is 2.24. The lowest BCUT2D eigenvalue weighted by molar-refractivity contribution is 0.0661. The van der Waals surface area contributed by atoms with Gasteiger partial charge in [-0.05, 0) is 31.5 Å². The average molecular weight is 278 g/mol. The summed E-state index contributed by atoms with van der Waals surface area (Å²) in [6, 6.07) is 4.16. The van der Waals surface area contributed by atoms with Crippen molar-refractivity contribution in [2.75, 3.05) is 20.3 Å². The van der Waals surface area contributed by atoms with Crippen molar-refractivity contribution in [2.45, 2.75) is 51.7 Å². The van der Waals surface area contributed by atoms with Crippen molar-refractivity contribution in [3.8, 4) is 5.88 Å². The predicted molar refractivity (Wildman–Crippen MR) is 80.2 cm³/mol. The second kappa shape index (κ2) is 6.55. The smallest absolute Gasteiger partial charge is 0.213 e. The maximum Gasteiger partial charge on any atom is 0.213 e. The van der Waals surface area contributed by atoms with Gasteiger partial charge in [-0.15, -0.1) is 0 Å². The van der Waals surface area contributed by atoms with Gasteiger partial charge in [0, 0.05) is 24.6 Å². The van der Waals surface area contributed by atoms with Crippen LogP contribution < -0.4 is 10.1 Å². The number of pyridine rings is 1. The zero-order valence-corrected chi connectivity index (χ0v) is 13.0. The van der Waals surface area contributed by atoms with E-state index in [0.717, 1.165) is 31.7 Å². The number of aromatic nitrogens is 1. The fourth-order valence-corrected chi connectivity index (χ4v) is 2.28. The van der Waals surface area contributed by atoms with Gasteiger partial charge in [0.25, 0.3) is 0 Å². The maximum absolute atomic E-state index is 5.85. The lowest BCUT2D eigenvalue weighted by Crippen LogP contribution is -2.19. The summed E-state index contributed by atoms with van der Waals surface area (Å²) in [5, 5.41) is 3.18. The highest BCUT2D eigenvalue weighted by Gasteiger charge is 2.19. The van der Waals surface area contributed by atoms with E-state index in [9.17, 15) is 0 Å². The Balaban J connectivity index is 2.11. The summed E-state index contributed by atoms with van der Waals surface area (Å²) in [5.41, 5.74) is 2.29. The van der Waals surface area contributed by atoms with Crippen LogP contribution in [0.25, 0.3) is 0 Å². The van der Waals surface area contributed by atoms with Gasteiger partial charge in [-0.1, -0.05) is 20.8 Å². The van der Waals surface area contributed by atoms with Crippen LogP contribution in [0.4, 0.5) is 0 Å². The predicted octanol–water partition coefficient (Wildman–Crippen LogP) is 2.66. The maximum atomic E-state index is 5.85. The van der Waals surface area contributed by atoms with Crippen molar-refractivity contribution < 1.29 is 9.47 Å². The van der Waals surface area contributed by atoms with Crippen molar-refractivity contribution in [3.63, 3.8) is 0 Å². The fourth-order valence-electron chi connectivity index (χ4n) is 2.28. The topological polar surface area (TPSA) is 43.4 Å². The zero-order valence-electron chi connectivity index (χ0n) is 13.0. The van der Waals surface area contributed by atoms with E-state index >= 15 is 0 Å². The molecule has 20 heavy (non-hydrogen) atoms. The number of nitrogens with one attached hydrogen (secondary N) is 1. The molecule has 0 bridgehead atoms. The number of hydrogen-bond acceptors (Lipinski definition) is 4. The van der Waals surface area contributed by atoms with Gasteiger partial charge in [0.1, 0.15) is 6.61 Å². The van der Waals surface area contributed by atoms with Gasteiger partial charge in [0.2, 0.25) is 5.88 Å². The van der Waals surface area contributed by atoms with Crippen LogP contribution in [0.15, 0.2) is 12.1 Å². The second-order valence-electron chi connectivity index (χ2n) is 6.43. The molecule has 1 saturated heterocycles. The molecule has 0 aromatic carbocycles. The second-order valence-corrected chi connectivity index (χ2v) is 6.43. The Labute approximate surface area is 121 Å². The van der Waals surface area contributed by atoms with E-state index < -0.39 is 0 Å². The molecule has 1 atom stereocenters. The summed E-state index contributed by atoms with van der Waals surface area (Å²) in [7, 11) is 1.95. The lowest BCUT2D eigenvalue weighted by atomic mass is 9.91. The summed E-state index contributed by atoms with van der Waals surface area (Å²) in [6.07, 6.45) is 2.44. The first-order valence-electron chi connectivity index (χ1n) is 7.39. The van der Waals surface area contributed by atoms with E-state index in [-0.39, 0.29) is 11.5 Å². The van der Waals surface area contributed by atoms with Crippen LogP contribution in [0.5, 0.6) is 5.88 Å². The minimum Gasteiger partial charge on any atom is -0.475 e. The fraction of sp³-hybridized carbons (Fsp3) is 0.688. The van der Waals surface area contributed by atoms with Gasteiger partial charge in [-0.3, -0.25) is 0 Å². The molecule has 0 amide bonds. The van der Waals surface area contributed by atoms with Crippen LogP contribution in [-0.2, 0) is 16.7 Å². The standard InChI is InChI=1S/C16H26N2O2/c1-16(2,3)14-8-12(10-17-4)9-15(18-14)20-11-13-6-5-7-19-13/h8-9,13,17H,5-7,10-11H2,1-4H3. The highest BCUT2D eigenvalue weighted by atomic mass is 16.5. The Morgan fingerprint density at radius 1 is 1.40 bits per heavy atom. The summed E-state index contributed by atoms with van der Waals surface area (Å²) in [4.78, 5) is 4.64. The van der Waals surface area contributed by atoms with Crippen LogP contribution in [0.2, 0.25) is 0 Å². The third-order valence-corrected chi connectivity index (χ3v) is 3.45. The largest absolute Gasteiger partial charge is 0.475 e. The minimum absolute atomic E-state index is 0.0196. The normalized spacial score (nSPS) is 19.3. The quantitative estimate of drug-likeness (QED) is 0.899. The van der Waals surface area contributed by atoms with E-state index in [1.54, 1.807) is 0 Å². The van der Waals surface area contributed by atoms with E-state index in [2.05, 4.69) is 37.1 Å². The van der Waals surface area contributed by atoms with Crippen LogP contribution in [0.3, 0.4) is 0 Å². The van der Waals surface area contributed by atoms with Crippen LogP contribution in [-0.4, -0.2) is 31.3 Å². The Morgan fingerprint density at radius 2 is 2.20 bits per heavy atom. The van der Waals surface area contributed by atoms with Crippen molar-refractivity contribution in [3.05, 3.63) is 23.4 Å². The number of nitrogens with zero attached hydrogens (tertiary/aromatic N) is 1.